The minimum atomic E-state index is -1.92. The molecule has 0 aromatic carbocycles. The highest BCUT2D eigenvalue weighted by atomic mass is 16.7. The Hall–Kier alpha value is -4.62. The number of allylic oxidation sites excluding steroid dienone is 18. The summed E-state index contributed by atoms with van der Waals surface area (Å²) in [7, 11) is 0. The molecular weight excluding hydrogens is 973 g/mol. The van der Waals surface area contributed by atoms with E-state index in [0.717, 1.165) is 122 Å². The molecule has 0 saturated carbocycles. The van der Waals surface area contributed by atoms with Crippen molar-refractivity contribution in [2.45, 2.75) is 263 Å². The molecule has 1 heterocycles. The number of aliphatic hydroxyl groups excluding tert-OH is 2. The molecule has 1 aliphatic heterocycles. The minimum absolute atomic E-state index is 0.0495. The summed E-state index contributed by atoms with van der Waals surface area (Å²) < 4.78 is 28.3. The van der Waals surface area contributed by atoms with Gasteiger partial charge in [-0.2, -0.15) is 0 Å². The number of ether oxygens (including phenoxy) is 5. The zero-order chi connectivity index (χ0) is 56.1. The zero-order valence-electron chi connectivity index (χ0n) is 47.9. The molecule has 12 heteroatoms. The predicted octanol–water partition coefficient (Wildman–Crippen LogP) is 15.4. The van der Waals surface area contributed by atoms with Gasteiger partial charge in [-0.3, -0.25) is 14.4 Å². The highest BCUT2D eigenvalue weighted by Gasteiger charge is 2.50. The van der Waals surface area contributed by atoms with Crippen molar-refractivity contribution in [3.8, 4) is 0 Å². The number of hydrogen-bond acceptors (Lipinski definition) is 11. The molecule has 436 valence electrons. The van der Waals surface area contributed by atoms with Gasteiger partial charge in [-0.05, 0) is 96.3 Å². The van der Waals surface area contributed by atoms with Crippen molar-refractivity contribution >= 4 is 23.9 Å². The summed E-state index contributed by atoms with van der Waals surface area (Å²) in [5.74, 6) is -3.23. The summed E-state index contributed by atoms with van der Waals surface area (Å²) in [4.78, 5) is 51.1. The van der Waals surface area contributed by atoms with E-state index in [1.165, 1.54) is 38.5 Å². The van der Waals surface area contributed by atoms with Gasteiger partial charge in [0.2, 0.25) is 0 Å². The Morgan fingerprint density at radius 1 is 0.442 bits per heavy atom. The lowest BCUT2D eigenvalue weighted by atomic mass is 9.98. The highest BCUT2D eigenvalue weighted by molar-refractivity contribution is 5.74. The van der Waals surface area contributed by atoms with Gasteiger partial charge in [0.25, 0.3) is 0 Å². The van der Waals surface area contributed by atoms with E-state index in [2.05, 4.69) is 118 Å². The predicted molar refractivity (Wildman–Crippen MR) is 312 cm³/mol. The molecule has 3 N–H and O–H groups in total. The highest BCUT2D eigenvalue weighted by Crippen LogP contribution is 2.26. The van der Waals surface area contributed by atoms with E-state index < -0.39 is 67.3 Å². The smallest absolute Gasteiger partial charge is 0.335 e. The molecule has 12 nitrogen and oxygen atoms in total. The Balaban J connectivity index is 2.73. The molecule has 1 aliphatic rings. The van der Waals surface area contributed by atoms with E-state index in [9.17, 15) is 34.5 Å². The molecule has 0 aliphatic carbocycles. The molecule has 0 bridgehead atoms. The van der Waals surface area contributed by atoms with Crippen molar-refractivity contribution in [2.75, 3.05) is 13.2 Å². The van der Waals surface area contributed by atoms with Crippen LogP contribution in [0.25, 0.3) is 0 Å². The van der Waals surface area contributed by atoms with Crippen LogP contribution in [0, 0.1) is 0 Å². The van der Waals surface area contributed by atoms with Gasteiger partial charge in [-0.25, -0.2) is 4.79 Å². The van der Waals surface area contributed by atoms with Crippen LogP contribution >= 0.6 is 0 Å². The molecular formula is C65H104O12. The van der Waals surface area contributed by atoms with Crippen molar-refractivity contribution in [3.05, 3.63) is 109 Å². The van der Waals surface area contributed by atoms with Crippen LogP contribution in [-0.4, -0.2) is 89.2 Å². The van der Waals surface area contributed by atoms with E-state index in [1.54, 1.807) is 0 Å². The number of aliphatic hydroxyl groups is 2. The standard InChI is InChI=1S/C65H104O12/c1-4-7-10-13-16-19-22-24-26-28-29-31-32-34-37-39-42-45-48-51-57(66)73-54-56(75-58(67)52-49-46-43-41-38-35-33-30-27-25-23-20-17-14-11-8-5-2)55-74-65-63(61(70)60(69)62(77-65)64(71)72)76-59(68)53-50-47-44-40-36-21-18-15-12-9-6-3/h7-8,10-11,16-17,19-20,24-27,29,31,33,35,41,43,56,60-63,65,69-70H,4-6,9,12-15,18,21-23,28,30,32,34,36-40,42,44-55H2,1-3H3,(H,71,72)/b10-7-,11-8-,19-16-,20-17-,26-24-,27-25-,31-29-,35-33-,43-41-. The van der Waals surface area contributed by atoms with Crippen molar-refractivity contribution in [3.63, 3.8) is 0 Å². The van der Waals surface area contributed by atoms with E-state index in [-0.39, 0.29) is 25.9 Å². The Morgan fingerprint density at radius 3 is 1.29 bits per heavy atom. The molecule has 1 fully saturated rings. The van der Waals surface area contributed by atoms with Crippen LogP contribution < -0.4 is 0 Å². The first-order valence-electron chi connectivity index (χ1n) is 29.9. The largest absolute Gasteiger partial charge is 0.479 e. The van der Waals surface area contributed by atoms with Crippen LogP contribution in [0.2, 0.25) is 0 Å². The van der Waals surface area contributed by atoms with Crippen LogP contribution in [0.5, 0.6) is 0 Å². The summed E-state index contributed by atoms with van der Waals surface area (Å²) in [5.41, 5.74) is 0. The second-order valence-corrected chi connectivity index (χ2v) is 19.9. The van der Waals surface area contributed by atoms with E-state index in [0.29, 0.717) is 25.7 Å². The number of rotatable bonds is 49. The fraction of sp³-hybridized carbons (Fsp3) is 0.662. The monoisotopic (exact) mass is 1080 g/mol. The van der Waals surface area contributed by atoms with Gasteiger partial charge < -0.3 is 39.0 Å². The van der Waals surface area contributed by atoms with Gasteiger partial charge in [0.1, 0.15) is 18.8 Å². The number of unbranched alkanes of at least 4 members (excludes halogenated alkanes) is 17. The quantitative estimate of drug-likeness (QED) is 0.0228. The van der Waals surface area contributed by atoms with Crippen LogP contribution in [-0.2, 0) is 42.9 Å². The Labute approximate surface area is 465 Å². The van der Waals surface area contributed by atoms with E-state index >= 15 is 0 Å². The lowest BCUT2D eigenvalue weighted by Gasteiger charge is -2.40. The number of carbonyl (C=O) groups excluding carboxylic acids is 3. The van der Waals surface area contributed by atoms with Crippen molar-refractivity contribution < 1.29 is 58.2 Å². The molecule has 1 saturated heterocycles. The number of esters is 3. The Bertz CT molecular complexity index is 1750. The Kier molecular flexibility index (Phi) is 47.6. The first-order chi connectivity index (χ1) is 37.6. The summed E-state index contributed by atoms with van der Waals surface area (Å²) in [6.07, 6.45) is 57.8. The first-order valence-corrected chi connectivity index (χ1v) is 29.9. The number of hydrogen-bond donors (Lipinski definition) is 3. The van der Waals surface area contributed by atoms with Crippen LogP contribution in [0.15, 0.2) is 109 Å². The lowest BCUT2D eigenvalue weighted by Crippen LogP contribution is -2.61. The summed E-state index contributed by atoms with van der Waals surface area (Å²) in [5, 5.41) is 31.4. The number of carboxylic acid groups (broad SMARTS) is 1. The third kappa shape index (κ3) is 42.1. The zero-order valence-corrected chi connectivity index (χ0v) is 47.9. The maximum Gasteiger partial charge on any atom is 0.335 e. The maximum absolute atomic E-state index is 13.1. The topological polar surface area (TPSA) is 175 Å². The van der Waals surface area contributed by atoms with E-state index in [4.69, 9.17) is 23.7 Å². The minimum Gasteiger partial charge on any atom is -0.479 e. The van der Waals surface area contributed by atoms with Gasteiger partial charge in [-0.1, -0.05) is 220 Å². The third-order valence-corrected chi connectivity index (χ3v) is 12.8. The molecule has 0 aromatic rings. The van der Waals surface area contributed by atoms with Crippen molar-refractivity contribution in [1.29, 1.82) is 0 Å². The summed E-state index contributed by atoms with van der Waals surface area (Å²) >= 11 is 0. The van der Waals surface area contributed by atoms with Crippen LogP contribution in [0.3, 0.4) is 0 Å². The number of aliphatic carboxylic acids is 1. The molecule has 77 heavy (non-hydrogen) atoms. The van der Waals surface area contributed by atoms with Gasteiger partial charge >= 0.3 is 23.9 Å². The van der Waals surface area contributed by atoms with Gasteiger partial charge in [0.05, 0.1) is 6.61 Å². The number of carboxylic acids is 1. The molecule has 1 rings (SSSR count). The van der Waals surface area contributed by atoms with Crippen LogP contribution in [0.1, 0.15) is 226 Å². The molecule has 6 unspecified atom stereocenters. The van der Waals surface area contributed by atoms with E-state index in [1.807, 2.05) is 12.2 Å². The molecule has 0 aromatic heterocycles. The van der Waals surface area contributed by atoms with Crippen molar-refractivity contribution in [2.24, 2.45) is 0 Å². The summed E-state index contributed by atoms with van der Waals surface area (Å²) in [6.45, 7) is 5.69. The van der Waals surface area contributed by atoms with Crippen molar-refractivity contribution in [1.82, 2.24) is 0 Å². The normalized spacial score (nSPS) is 18.8. The van der Waals surface area contributed by atoms with Crippen LogP contribution in [0.4, 0.5) is 0 Å². The molecule has 0 radical (unpaired) electrons. The fourth-order valence-corrected chi connectivity index (χ4v) is 8.34. The average Bonchev–Trinajstić information content (AvgIpc) is 3.42. The van der Waals surface area contributed by atoms with Gasteiger partial charge in [0, 0.05) is 19.3 Å². The maximum atomic E-state index is 13.1. The number of carbonyl (C=O) groups is 4. The molecule has 6 atom stereocenters. The van der Waals surface area contributed by atoms with Gasteiger partial charge in [-0.15, -0.1) is 0 Å². The fourth-order valence-electron chi connectivity index (χ4n) is 8.34. The second kappa shape index (κ2) is 52.1. The Morgan fingerprint density at radius 2 is 0.831 bits per heavy atom. The summed E-state index contributed by atoms with van der Waals surface area (Å²) in [6, 6.07) is 0. The lowest BCUT2D eigenvalue weighted by molar-refractivity contribution is -0.301. The average molecular weight is 1080 g/mol. The second-order valence-electron chi connectivity index (χ2n) is 19.9. The first kappa shape index (κ1) is 70.4. The third-order valence-electron chi connectivity index (χ3n) is 12.8. The molecule has 0 spiro atoms. The SMILES string of the molecule is CC/C=C\C/C=C\C/C=C\C/C=C\C/C=C\CCCC(=O)OC(COC(=O)CCCCCCCC/C=C\C/C=C\C/C=C\C/C=C\CC)COC1OC(C(=O)O)C(O)C(O)C1OC(=O)CCCCCCCCCCCCC. The molecule has 0 amide bonds. The van der Waals surface area contributed by atoms with Gasteiger partial charge in [0.15, 0.2) is 24.6 Å².